The highest BCUT2D eigenvalue weighted by Gasteiger charge is 2.16. The van der Waals surface area contributed by atoms with Gasteiger partial charge in [0.15, 0.2) is 0 Å². The predicted molar refractivity (Wildman–Crippen MR) is 91.6 cm³/mol. The molecule has 2 aromatic rings. The monoisotopic (exact) mass is 307 g/mol. The fourth-order valence-corrected chi connectivity index (χ4v) is 2.98. The number of nitrogens with zero attached hydrogens (tertiary/aromatic N) is 3. The van der Waals surface area contributed by atoms with Crippen LogP contribution >= 0.6 is 0 Å². The zero-order chi connectivity index (χ0) is 16.2. The van der Waals surface area contributed by atoms with Crippen molar-refractivity contribution in [3.8, 4) is 6.07 Å². The highest BCUT2D eigenvalue weighted by Crippen LogP contribution is 2.22. The molecule has 0 amide bonds. The summed E-state index contributed by atoms with van der Waals surface area (Å²) in [4.78, 5) is 14.5. The van der Waals surface area contributed by atoms with Gasteiger partial charge in [0.05, 0.1) is 23.9 Å². The standard InChI is InChI=1S/C19H21N3O/c1-15-8-10-21(11-9-15)18-6-7-19(23)22(14-18)13-17-4-2-16(12-20)3-5-17/h2-7,14-15H,8-11,13H2,1H3. The number of piperidine rings is 1. The van der Waals surface area contributed by atoms with Crippen molar-refractivity contribution in [2.45, 2.75) is 26.3 Å². The van der Waals surface area contributed by atoms with Crippen LogP contribution in [0.1, 0.15) is 30.9 Å². The Kier molecular flexibility index (Phi) is 4.47. The zero-order valence-electron chi connectivity index (χ0n) is 13.4. The summed E-state index contributed by atoms with van der Waals surface area (Å²) >= 11 is 0. The summed E-state index contributed by atoms with van der Waals surface area (Å²) in [5, 5.41) is 8.85. The van der Waals surface area contributed by atoms with Gasteiger partial charge in [-0.05, 0) is 42.5 Å². The molecule has 0 radical (unpaired) electrons. The fourth-order valence-electron chi connectivity index (χ4n) is 2.98. The Hall–Kier alpha value is -2.54. The topological polar surface area (TPSA) is 49.0 Å². The quantitative estimate of drug-likeness (QED) is 0.876. The lowest BCUT2D eigenvalue weighted by Crippen LogP contribution is -2.33. The van der Waals surface area contributed by atoms with Crippen LogP contribution in [0.3, 0.4) is 0 Å². The largest absolute Gasteiger partial charge is 0.370 e. The molecule has 3 rings (SSSR count). The van der Waals surface area contributed by atoms with Crippen LogP contribution in [0.2, 0.25) is 0 Å². The first-order valence-electron chi connectivity index (χ1n) is 8.10. The molecule has 23 heavy (non-hydrogen) atoms. The summed E-state index contributed by atoms with van der Waals surface area (Å²) in [6.45, 7) is 4.93. The van der Waals surface area contributed by atoms with Crippen molar-refractivity contribution in [3.63, 3.8) is 0 Å². The molecule has 0 N–H and O–H groups in total. The van der Waals surface area contributed by atoms with E-state index >= 15 is 0 Å². The Morgan fingerprint density at radius 3 is 2.48 bits per heavy atom. The van der Waals surface area contributed by atoms with E-state index < -0.39 is 0 Å². The van der Waals surface area contributed by atoms with Gasteiger partial charge < -0.3 is 9.47 Å². The minimum absolute atomic E-state index is 0.00323. The number of hydrogen-bond acceptors (Lipinski definition) is 3. The van der Waals surface area contributed by atoms with Crippen molar-refractivity contribution < 1.29 is 0 Å². The molecular weight excluding hydrogens is 286 g/mol. The maximum atomic E-state index is 12.1. The lowest BCUT2D eigenvalue weighted by molar-refractivity contribution is 0.438. The minimum atomic E-state index is 0.00323. The van der Waals surface area contributed by atoms with E-state index in [2.05, 4.69) is 17.9 Å². The molecule has 1 aromatic heterocycles. The second-order valence-corrected chi connectivity index (χ2v) is 6.33. The first-order chi connectivity index (χ1) is 11.2. The van der Waals surface area contributed by atoms with Crippen molar-refractivity contribution >= 4 is 5.69 Å². The van der Waals surface area contributed by atoms with Crippen LogP contribution in [-0.4, -0.2) is 17.7 Å². The molecule has 0 bridgehead atoms. The predicted octanol–water partition coefficient (Wildman–Crippen LogP) is 3.00. The Balaban J connectivity index is 1.80. The first-order valence-corrected chi connectivity index (χ1v) is 8.10. The van der Waals surface area contributed by atoms with Gasteiger partial charge in [0.1, 0.15) is 0 Å². The molecule has 2 heterocycles. The Morgan fingerprint density at radius 1 is 1.13 bits per heavy atom. The molecule has 1 fully saturated rings. The molecule has 0 spiro atoms. The summed E-state index contributed by atoms with van der Waals surface area (Å²) in [5.74, 6) is 0.788. The van der Waals surface area contributed by atoms with Crippen LogP contribution in [0.15, 0.2) is 47.4 Å². The molecule has 0 atom stereocenters. The van der Waals surface area contributed by atoms with Gasteiger partial charge in [-0.1, -0.05) is 19.1 Å². The van der Waals surface area contributed by atoms with E-state index in [-0.39, 0.29) is 5.56 Å². The van der Waals surface area contributed by atoms with E-state index in [9.17, 15) is 4.79 Å². The molecule has 1 aliphatic heterocycles. The molecule has 118 valence electrons. The van der Waals surface area contributed by atoms with Crippen LogP contribution in [-0.2, 0) is 6.54 Å². The SMILES string of the molecule is CC1CCN(c2ccc(=O)n(Cc3ccc(C#N)cc3)c2)CC1. The van der Waals surface area contributed by atoms with Crippen LogP contribution < -0.4 is 10.5 Å². The van der Waals surface area contributed by atoms with E-state index in [1.54, 1.807) is 22.8 Å². The summed E-state index contributed by atoms with van der Waals surface area (Å²) in [6.07, 6.45) is 4.36. The number of pyridine rings is 1. The number of benzene rings is 1. The summed E-state index contributed by atoms with van der Waals surface area (Å²) in [7, 11) is 0. The molecule has 1 aliphatic rings. The highest BCUT2D eigenvalue weighted by atomic mass is 16.1. The van der Waals surface area contributed by atoms with E-state index in [0.717, 1.165) is 30.3 Å². The van der Waals surface area contributed by atoms with Gasteiger partial charge in [0, 0.05) is 25.4 Å². The van der Waals surface area contributed by atoms with Crippen LogP contribution in [0, 0.1) is 17.2 Å². The highest BCUT2D eigenvalue weighted by molar-refractivity contribution is 5.44. The number of rotatable bonds is 3. The van der Waals surface area contributed by atoms with Crippen molar-refractivity contribution in [2.24, 2.45) is 5.92 Å². The average molecular weight is 307 g/mol. The first kappa shape index (κ1) is 15.4. The normalized spacial score (nSPS) is 15.4. The van der Waals surface area contributed by atoms with Gasteiger partial charge in [-0.2, -0.15) is 5.26 Å². The van der Waals surface area contributed by atoms with Crippen LogP contribution in [0.4, 0.5) is 5.69 Å². The molecule has 0 saturated carbocycles. The lowest BCUT2D eigenvalue weighted by Gasteiger charge is -2.32. The minimum Gasteiger partial charge on any atom is -0.370 e. The van der Waals surface area contributed by atoms with Crippen molar-refractivity contribution in [2.75, 3.05) is 18.0 Å². The second kappa shape index (κ2) is 6.70. The van der Waals surface area contributed by atoms with Crippen LogP contribution in [0.25, 0.3) is 0 Å². The van der Waals surface area contributed by atoms with Gasteiger partial charge >= 0.3 is 0 Å². The third-order valence-corrected chi connectivity index (χ3v) is 4.55. The molecule has 4 heteroatoms. The molecule has 4 nitrogen and oxygen atoms in total. The molecule has 0 unspecified atom stereocenters. The number of anilines is 1. The van der Waals surface area contributed by atoms with Gasteiger partial charge in [-0.25, -0.2) is 0 Å². The molecule has 1 saturated heterocycles. The van der Waals surface area contributed by atoms with E-state index in [1.165, 1.54) is 12.8 Å². The summed E-state index contributed by atoms with van der Waals surface area (Å²) in [6, 6.07) is 13.1. The fraction of sp³-hybridized carbons (Fsp3) is 0.368. The van der Waals surface area contributed by atoms with Gasteiger partial charge in [0.25, 0.3) is 5.56 Å². The maximum absolute atomic E-state index is 12.1. The summed E-state index contributed by atoms with van der Waals surface area (Å²) in [5.41, 5.74) is 2.78. The van der Waals surface area contributed by atoms with E-state index in [0.29, 0.717) is 12.1 Å². The lowest BCUT2D eigenvalue weighted by atomic mass is 9.99. The second-order valence-electron chi connectivity index (χ2n) is 6.33. The number of aromatic nitrogens is 1. The van der Waals surface area contributed by atoms with Crippen molar-refractivity contribution in [1.82, 2.24) is 4.57 Å². The Labute approximate surface area is 136 Å². The summed E-state index contributed by atoms with van der Waals surface area (Å²) < 4.78 is 1.74. The Bertz CT molecular complexity index is 762. The third-order valence-electron chi connectivity index (χ3n) is 4.55. The van der Waals surface area contributed by atoms with Gasteiger partial charge in [0.2, 0.25) is 0 Å². The Morgan fingerprint density at radius 2 is 1.83 bits per heavy atom. The van der Waals surface area contributed by atoms with Crippen molar-refractivity contribution in [3.05, 3.63) is 64.1 Å². The van der Waals surface area contributed by atoms with E-state index in [1.807, 2.05) is 24.4 Å². The van der Waals surface area contributed by atoms with Crippen LogP contribution in [0.5, 0.6) is 0 Å². The molecule has 0 aliphatic carbocycles. The van der Waals surface area contributed by atoms with Crippen molar-refractivity contribution in [1.29, 1.82) is 5.26 Å². The average Bonchev–Trinajstić information content (AvgIpc) is 2.58. The zero-order valence-corrected chi connectivity index (χ0v) is 13.4. The third kappa shape index (κ3) is 3.62. The van der Waals surface area contributed by atoms with E-state index in [4.69, 9.17) is 5.26 Å². The number of hydrogen-bond donors (Lipinski definition) is 0. The molecule has 1 aromatic carbocycles. The smallest absolute Gasteiger partial charge is 0.250 e. The maximum Gasteiger partial charge on any atom is 0.250 e. The number of nitriles is 1. The molecular formula is C19H21N3O. The van der Waals surface area contributed by atoms with Gasteiger partial charge in [-0.15, -0.1) is 0 Å². The van der Waals surface area contributed by atoms with Gasteiger partial charge in [-0.3, -0.25) is 4.79 Å².